The highest BCUT2D eigenvalue weighted by molar-refractivity contribution is 7.14. The predicted molar refractivity (Wildman–Crippen MR) is 67.8 cm³/mol. The summed E-state index contributed by atoms with van der Waals surface area (Å²) >= 11 is 7.33. The maximum Gasteiger partial charge on any atom is 0.186 e. The number of anilines is 1. The number of halogens is 1. The Bertz CT molecular complexity index is 301. The molecule has 1 atom stereocenters. The van der Waals surface area contributed by atoms with Crippen LogP contribution in [0.2, 0.25) is 5.15 Å². The van der Waals surface area contributed by atoms with Crippen molar-refractivity contribution < 1.29 is 0 Å². The summed E-state index contributed by atoms with van der Waals surface area (Å²) in [5.41, 5.74) is 5.98. The molecular weight excluding hydrogens is 230 g/mol. The van der Waals surface area contributed by atoms with Crippen molar-refractivity contribution in [2.24, 2.45) is 11.7 Å². The Morgan fingerprint density at radius 2 is 2.27 bits per heavy atom. The highest BCUT2D eigenvalue weighted by Gasteiger charge is 2.10. The van der Waals surface area contributed by atoms with Gasteiger partial charge in [-0.1, -0.05) is 25.4 Å². The van der Waals surface area contributed by atoms with Crippen molar-refractivity contribution >= 4 is 28.1 Å². The van der Waals surface area contributed by atoms with Crippen LogP contribution in [0.25, 0.3) is 0 Å². The molecule has 0 saturated heterocycles. The summed E-state index contributed by atoms with van der Waals surface area (Å²) in [7, 11) is 2.02. The normalized spacial score (nSPS) is 13.2. The van der Waals surface area contributed by atoms with E-state index in [9.17, 15) is 0 Å². The van der Waals surface area contributed by atoms with Crippen molar-refractivity contribution in [3.05, 3.63) is 10.5 Å². The number of rotatable bonds is 5. The number of aromatic nitrogens is 1. The third-order valence-electron chi connectivity index (χ3n) is 2.44. The van der Waals surface area contributed by atoms with Crippen molar-refractivity contribution in [3.63, 3.8) is 0 Å². The molecule has 0 aliphatic carbocycles. The first-order valence-corrected chi connectivity index (χ1v) is 6.34. The van der Waals surface area contributed by atoms with Crippen molar-refractivity contribution in [3.8, 4) is 0 Å². The van der Waals surface area contributed by atoms with Crippen molar-refractivity contribution in [2.45, 2.75) is 26.3 Å². The molecule has 3 nitrogen and oxygen atoms in total. The number of hydrogen-bond acceptors (Lipinski definition) is 4. The molecule has 2 N–H and O–H groups in total. The lowest BCUT2D eigenvalue weighted by Crippen LogP contribution is -2.31. The molecule has 1 rings (SSSR count). The van der Waals surface area contributed by atoms with Crippen LogP contribution in [0.15, 0.2) is 5.38 Å². The smallest absolute Gasteiger partial charge is 0.186 e. The van der Waals surface area contributed by atoms with Gasteiger partial charge in [-0.3, -0.25) is 0 Å². The molecule has 86 valence electrons. The lowest BCUT2D eigenvalue weighted by Gasteiger charge is -2.20. The first-order valence-electron chi connectivity index (χ1n) is 5.08. The van der Waals surface area contributed by atoms with Crippen LogP contribution in [0.3, 0.4) is 0 Å². The SMILES string of the molecule is CC(C)C(N)CCN(C)c1nc(Cl)cs1. The average molecular weight is 248 g/mol. The molecular formula is C10H18ClN3S. The summed E-state index contributed by atoms with van der Waals surface area (Å²) in [6.45, 7) is 5.21. The number of thiazole rings is 1. The molecule has 15 heavy (non-hydrogen) atoms. The van der Waals surface area contributed by atoms with Gasteiger partial charge in [-0.2, -0.15) is 0 Å². The van der Waals surface area contributed by atoms with E-state index >= 15 is 0 Å². The molecule has 0 aliphatic heterocycles. The topological polar surface area (TPSA) is 42.1 Å². The molecule has 0 radical (unpaired) electrons. The molecule has 5 heteroatoms. The van der Waals surface area contributed by atoms with Crippen LogP contribution in [0.4, 0.5) is 5.13 Å². The van der Waals surface area contributed by atoms with Gasteiger partial charge in [0.1, 0.15) is 5.15 Å². The van der Waals surface area contributed by atoms with E-state index in [2.05, 4.69) is 23.7 Å². The van der Waals surface area contributed by atoms with Crippen LogP contribution in [0, 0.1) is 5.92 Å². The van der Waals surface area contributed by atoms with E-state index in [0.29, 0.717) is 11.1 Å². The van der Waals surface area contributed by atoms with E-state index in [1.165, 1.54) is 0 Å². The third-order valence-corrected chi connectivity index (χ3v) is 3.72. The molecule has 0 saturated carbocycles. The van der Waals surface area contributed by atoms with Crippen LogP contribution in [-0.2, 0) is 0 Å². The summed E-state index contributed by atoms with van der Waals surface area (Å²) in [5.74, 6) is 0.526. The van der Waals surface area contributed by atoms with Crippen molar-refractivity contribution in [2.75, 3.05) is 18.5 Å². The Balaban J connectivity index is 2.39. The Hall–Kier alpha value is -0.320. The summed E-state index contributed by atoms with van der Waals surface area (Å²) in [6, 6.07) is 0.253. The second kappa shape index (κ2) is 5.68. The number of hydrogen-bond donors (Lipinski definition) is 1. The summed E-state index contributed by atoms with van der Waals surface area (Å²) in [4.78, 5) is 6.30. The first kappa shape index (κ1) is 12.7. The predicted octanol–water partition coefficient (Wildman–Crippen LogP) is 2.61. The Morgan fingerprint density at radius 1 is 1.60 bits per heavy atom. The van der Waals surface area contributed by atoms with E-state index in [1.807, 2.05) is 12.4 Å². The maximum absolute atomic E-state index is 5.98. The van der Waals surface area contributed by atoms with Crippen LogP contribution in [0.1, 0.15) is 20.3 Å². The lowest BCUT2D eigenvalue weighted by atomic mass is 10.0. The van der Waals surface area contributed by atoms with E-state index in [1.54, 1.807) is 11.3 Å². The molecule has 0 spiro atoms. The highest BCUT2D eigenvalue weighted by Crippen LogP contribution is 2.22. The first-order chi connectivity index (χ1) is 7.00. The quantitative estimate of drug-likeness (QED) is 0.870. The van der Waals surface area contributed by atoms with Gasteiger partial charge in [-0.15, -0.1) is 11.3 Å². The van der Waals surface area contributed by atoms with Crippen LogP contribution in [0.5, 0.6) is 0 Å². The molecule has 0 fully saturated rings. The fourth-order valence-electron chi connectivity index (χ4n) is 1.19. The second-order valence-electron chi connectivity index (χ2n) is 4.07. The maximum atomic E-state index is 5.98. The highest BCUT2D eigenvalue weighted by atomic mass is 35.5. The molecule has 1 aromatic rings. The van der Waals surface area contributed by atoms with Crippen molar-refractivity contribution in [1.82, 2.24) is 4.98 Å². The Morgan fingerprint density at radius 3 is 2.73 bits per heavy atom. The minimum atomic E-state index is 0.253. The molecule has 0 bridgehead atoms. The van der Waals surface area contributed by atoms with Crippen LogP contribution < -0.4 is 10.6 Å². The van der Waals surface area contributed by atoms with Gasteiger partial charge in [0.2, 0.25) is 0 Å². The molecule has 1 aromatic heterocycles. The van der Waals surface area contributed by atoms with Crippen LogP contribution in [-0.4, -0.2) is 24.6 Å². The lowest BCUT2D eigenvalue weighted by molar-refractivity contribution is 0.466. The summed E-state index contributed by atoms with van der Waals surface area (Å²) in [6.07, 6.45) is 0.978. The molecule has 0 aromatic carbocycles. The Labute approximate surface area is 100 Å². The average Bonchev–Trinajstić information content (AvgIpc) is 2.60. The van der Waals surface area contributed by atoms with Gasteiger partial charge in [0.05, 0.1) is 0 Å². The summed E-state index contributed by atoms with van der Waals surface area (Å²) < 4.78 is 0. The van der Waals surface area contributed by atoms with E-state index in [4.69, 9.17) is 17.3 Å². The Kier molecular flexibility index (Phi) is 4.83. The van der Waals surface area contributed by atoms with Crippen molar-refractivity contribution in [1.29, 1.82) is 0 Å². The van der Waals surface area contributed by atoms with Gasteiger partial charge in [0.25, 0.3) is 0 Å². The molecule has 1 unspecified atom stereocenters. The van der Waals surface area contributed by atoms with Gasteiger partial charge in [-0.25, -0.2) is 4.98 Å². The van der Waals surface area contributed by atoms with E-state index in [0.717, 1.165) is 18.1 Å². The monoisotopic (exact) mass is 247 g/mol. The van der Waals surface area contributed by atoms with Gasteiger partial charge >= 0.3 is 0 Å². The largest absolute Gasteiger partial charge is 0.351 e. The van der Waals surface area contributed by atoms with E-state index in [-0.39, 0.29) is 6.04 Å². The minimum Gasteiger partial charge on any atom is -0.351 e. The molecule has 1 heterocycles. The third kappa shape index (κ3) is 3.97. The number of nitrogens with zero attached hydrogens (tertiary/aromatic N) is 2. The van der Waals surface area contributed by atoms with Gasteiger partial charge in [-0.05, 0) is 12.3 Å². The fourth-order valence-corrected chi connectivity index (χ4v) is 2.13. The fraction of sp³-hybridized carbons (Fsp3) is 0.700. The zero-order valence-corrected chi connectivity index (χ0v) is 11.0. The van der Waals surface area contributed by atoms with Gasteiger partial charge in [0, 0.05) is 25.0 Å². The minimum absolute atomic E-state index is 0.253. The number of nitrogens with two attached hydrogens (primary N) is 1. The summed E-state index contributed by atoms with van der Waals surface area (Å²) in [5, 5.41) is 3.36. The standard InChI is InChI=1S/C10H18ClN3S/c1-7(2)8(12)4-5-14(3)10-13-9(11)6-15-10/h6-8H,4-5,12H2,1-3H3. The second-order valence-corrected chi connectivity index (χ2v) is 5.29. The zero-order valence-electron chi connectivity index (χ0n) is 9.40. The zero-order chi connectivity index (χ0) is 11.4. The van der Waals surface area contributed by atoms with Gasteiger partial charge < -0.3 is 10.6 Å². The molecule has 0 amide bonds. The van der Waals surface area contributed by atoms with Gasteiger partial charge in [0.15, 0.2) is 5.13 Å². The molecule has 0 aliphatic rings. The van der Waals surface area contributed by atoms with E-state index < -0.39 is 0 Å². The van der Waals surface area contributed by atoms with Crippen LogP contribution >= 0.6 is 22.9 Å².